The molecule has 1 amide bonds. The quantitative estimate of drug-likeness (QED) is 0.807. The van der Waals surface area contributed by atoms with Crippen molar-refractivity contribution in [1.82, 2.24) is 4.90 Å². The number of carboxylic acid groups (broad SMARTS) is 1. The molecule has 0 radical (unpaired) electrons. The molecule has 5 heteroatoms. The summed E-state index contributed by atoms with van der Waals surface area (Å²) >= 11 is 0. The summed E-state index contributed by atoms with van der Waals surface area (Å²) in [5.74, 6) is -2.06. The molecule has 3 rings (SSSR count). The molecule has 1 heterocycles. The molecule has 0 aromatic heterocycles. The molecule has 1 aromatic rings. The van der Waals surface area contributed by atoms with E-state index in [1.165, 1.54) is 11.3 Å². The smallest absolute Gasteiger partial charge is 0.226 e. The molecule has 1 aliphatic carbocycles. The van der Waals surface area contributed by atoms with Gasteiger partial charge in [-0.15, -0.1) is 0 Å². The Labute approximate surface area is 156 Å². The number of nitrogens with zero attached hydrogens (tertiary/aromatic N) is 2. The van der Waals surface area contributed by atoms with Gasteiger partial charge in [0.2, 0.25) is 5.91 Å². The highest BCUT2D eigenvalue weighted by molar-refractivity contribution is 5.84. The van der Waals surface area contributed by atoms with Crippen LogP contribution in [0.25, 0.3) is 0 Å². The zero-order valence-corrected chi connectivity index (χ0v) is 15.7. The van der Waals surface area contributed by atoms with Crippen molar-refractivity contribution in [3.05, 3.63) is 29.8 Å². The number of aryl methyl sites for hydroxylation is 1. The third kappa shape index (κ3) is 4.19. The summed E-state index contributed by atoms with van der Waals surface area (Å²) in [5, 5.41) is 11.4. The van der Waals surface area contributed by atoms with Crippen molar-refractivity contribution < 1.29 is 14.7 Å². The molecule has 0 N–H and O–H groups in total. The van der Waals surface area contributed by atoms with Gasteiger partial charge < -0.3 is 19.7 Å². The fourth-order valence-electron chi connectivity index (χ4n) is 4.29. The molecule has 26 heavy (non-hydrogen) atoms. The summed E-state index contributed by atoms with van der Waals surface area (Å²) in [5.41, 5.74) is 2.55. The number of rotatable bonds is 5. The molecule has 1 saturated carbocycles. The van der Waals surface area contributed by atoms with E-state index in [-0.39, 0.29) is 5.91 Å². The highest BCUT2D eigenvalue weighted by atomic mass is 16.4. The first-order valence-electron chi connectivity index (χ1n) is 9.93. The van der Waals surface area contributed by atoms with Gasteiger partial charge in [0.05, 0.1) is 0 Å². The van der Waals surface area contributed by atoms with Gasteiger partial charge >= 0.3 is 0 Å². The number of hydrogen-bond acceptors (Lipinski definition) is 4. The van der Waals surface area contributed by atoms with Crippen molar-refractivity contribution in [3.63, 3.8) is 0 Å². The summed E-state index contributed by atoms with van der Waals surface area (Å²) in [7, 11) is 0. The van der Waals surface area contributed by atoms with Gasteiger partial charge in [0.1, 0.15) is 0 Å². The normalized spacial score (nSPS) is 23.7. The third-order valence-corrected chi connectivity index (χ3v) is 5.82. The number of hydrogen-bond donors (Lipinski definition) is 0. The van der Waals surface area contributed by atoms with Crippen molar-refractivity contribution in [3.8, 4) is 0 Å². The Bertz CT molecular complexity index is 621. The SMILES string of the molecule is CCCc1ccc(N2CCN(C(=O)[C@@H]3CCCC[C@H]3C(=O)[O-])CC2)cc1. The van der Waals surface area contributed by atoms with Crippen LogP contribution in [0.5, 0.6) is 0 Å². The highest BCUT2D eigenvalue weighted by Gasteiger charge is 2.35. The highest BCUT2D eigenvalue weighted by Crippen LogP contribution is 2.31. The Morgan fingerprint density at radius 1 is 1.00 bits per heavy atom. The molecule has 1 saturated heterocycles. The largest absolute Gasteiger partial charge is 0.550 e. The molecule has 1 aromatic carbocycles. The van der Waals surface area contributed by atoms with Crippen LogP contribution < -0.4 is 10.0 Å². The summed E-state index contributed by atoms with van der Waals surface area (Å²) < 4.78 is 0. The van der Waals surface area contributed by atoms with E-state index in [1.54, 1.807) is 0 Å². The number of carbonyl (C=O) groups excluding carboxylic acids is 2. The van der Waals surface area contributed by atoms with Crippen molar-refractivity contribution in [2.75, 3.05) is 31.1 Å². The van der Waals surface area contributed by atoms with Gasteiger partial charge in [0.15, 0.2) is 0 Å². The second-order valence-corrected chi connectivity index (χ2v) is 7.55. The average Bonchev–Trinajstić information content (AvgIpc) is 2.68. The molecule has 2 fully saturated rings. The molecular formula is C21H29N2O3-. The summed E-state index contributed by atoms with van der Waals surface area (Å²) in [6.07, 6.45) is 5.31. The summed E-state index contributed by atoms with van der Waals surface area (Å²) in [6, 6.07) is 8.69. The van der Waals surface area contributed by atoms with Crippen LogP contribution in [0.2, 0.25) is 0 Å². The number of benzene rings is 1. The van der Waals surface area contributed by atoms with Crippen LogP contribution in [-0.2, 0) is 16.0 Å². The molecule has 142 valence electrons. The van der Waals surface area contributed by atoms with Gasteiger partial charge in [0.25, 0.3) is 0 Å². The van der Waals surface area contributed by atoms with E-state index < -0.39 is 17.8 Å². The van der Waals surface area contributed by atoms with E-state index in [0.29, 0.717) is 25.9 Å². The third-order valence-electron chi connectivity index (χ3n) is 5.82. The van der Waals surface area contributed by atoms with E-state index in [4.69, 9.17) is 0 Å². The zero-order chi connectivity index (χ0) is 18.5. The lowest BCUT2D eigenvalue weighted by Crippen LogP contribution is -2.53. The van der Waals surface area contributed by atoms with Crippen molar-refractivity contribution in [1.29, 1.82) is 0 Å². The van der Waals surface area contributed by atoms with Crippen LogP contribution in [-0.4, -0.2) is 43.0 Å². The lowest BCUT2D eigenvalue weighted by atomic mass is 9.78. The maximum Gasteiger partial charge on any atom is 0.226 e. The van der Waals surface area contributed by atoms with Gasteiger partial charge in [0, 0.05) is 49.7 Å². The summed E-state index contributed by atoms with van der Waals surface area (Å²) in [4.78, 5) is 28.4. The van der Waals surface area contributed by atoms with E-state index in [9.17, 15) is 14.7 Å². The van der Waals surface area contributed by atoms with Crippen LogP contribution in [0.1, 0.15) is 44.6 Å². The van der Waals surface area contributed by atoms with E-state index in [2.05, 4.69) is 36.1 Å². The van der Waals surface area contributed by atoms with E-state index in [1.807, 2.05) is 4.90 Å². The van der Waals surface area contributed by atoms with Crippen LogP contribution in [0, 0.1) is 11.8 Å². The standard InChI is InChI=1S/C21H30N2O3/c1-2-5-16-8-10-17(11-9-16)22-12-14-23(15-13-22)20(24)18-6-3-4-7-19(18)21(25)26/h8-11,18-19H,2-7,12-15H2,1H3,(H,25,26)/p-1/t18-,19-/m1/s1. The predicted molar refractivity (Wildman–Crippen MR) is 99.7 cm³/mol. The molecule has 1 aliphatic heterocycles. The van der Waals surface area contributed by atoms with Crippen LogP contribution in [0.3, 0.4) is 0 Å². The first-order chi connectivity index (χ1) is 12.6. The zero-order valence-electron chi connectivity index (χ0n) is 15.7. The van der Waals surface area contributed by atoms with Gasteiger partial charge in [-0.05, 0) is 37.0 Å². The van der Waals surface area contributed by atoms with Gasteiger partial charge in [-0.2, -0.15) is 0 Å². The monoisotopic (exact) mass is 357 g/mol. The van der Waals surface area contributed by atoms with E-state index in [0.717, 1.165) is 38.8 Å². The minimum Gasteiger partial charge on any atom is -0.550 e. The molecular weight excluding hydrogens is 328 g/mol. The number of anilines is 1. The topological polar surface area (TPSA) is 63.7 Å². The minimum atomic E-state index is -1.06. The fourth-order valence-corrected chi connectivity index (χ4v) is 4.29. The molecule has 0 bridgehead atoms. The number of aliphatic carboxylic acids is 1. The molecule has 0 unspecified atom stereocenters. The Morgan fingerprint density at radius 3 is 2.19 bits per heavy atom. The van der Waals surface area contributed by atoms with Crippen molar-refractivity contribution in [2.24, 2.45) is 11.8 Å². The van der Waals surface area contributed by atoms with Crippen molar-refractivity contribution in [2.45, 2.75) is 45.4 Å². The average molecular weight is 357 g/mol. The fraction of sp³-hybridized carbons (Fsp3) is 0.619. The number of carboxylic acids is 1. The summed E-state index contributed by atoms with van der Waals surface area (Å²) in [6.45, 7) is 5.09. The maximum atomic E-state index is 12.8. The Morgan fingerprint density at radius 2 is 1.62 bits per heavy atom. The lowest BCUT2D eigenvalue weighted by Gasteiger charge is -2.40. The first kappa shape index (κ1) is 18.7. The lowest BCUT2D eigenvalue weighted by molar-refractivity contribution is -0.314. The molecule has 0 spiro atoms. The van der Waals surface area contributed by atoms with Gasteiger partial charge in [-0.3, -0.25) is 4.79 Å². The second kappa shape index (κ2) is 8.56. The second-order valence-electron chi connectivity index (χ2n) is 7.55. The van der Waals surface area contributed by atoms with Gasteiger partial charge in [-0.1, -0.05) is 38.3 Å². The first-order valence-corrected chi connectivity index (χ1v) is 9.93. The maximum absolute atomic E-state index is 12.8. The Kier molecular flexibility index (Phi) is 6.17. The Balaban J connectivity index is 1.57. The molecule has 5 nitrogen and oxygen atoms in total. The Hall–Kier alpha value is -2.04. The predicted octanol–water partition coefficient (Wildman–Crippen LogP) is 1.84. The number of carbonyl (C=O) groups is 2. The van der Waals surface area contributed by atoms with Gasteiger partial charge in [-0.25, -0.2) is 0 Å². The van der Waals surface area contributed by atoms with E-state index >= 15 is 0 Å². The van der Waals surface area contributed by atoms with Crippen molar-refractivity contribution >= 4 is 17.6 Å². The van der Waals surface area contributed by atoms with Crippen LogP contribution in [0.4, 0.5) is 5.69 Å². The number of amides is 1. The molecule has 2 aliphatic rings. The molecule has 2 atom stereocenters. The van der Waals surface area contributed by atoms with Crippen LogP contribution in [0.15, 0.2) is 24.3 Å². The minimum absolute atomic E-state index is 0.0110. The van der Waals surface area contributed by atoms with Crippen LogP contribution >= 0.6 is 0 Å². The number of piperazine rings is 1.